The first-order chi connectivity index (χ1) is 13.4. The van der Waals surface area contributed by atoms with E-state index >= 15 is 0 Å². The van der Waals surface area contributed by atoms with Gasteiger partial charge in [-0.15, -0.1) is 10.2 Å². The minimum Gasteiger partial charge on any atom is -0.351 e. The van der Waals surface area contributed by atoms with Gasteiger partial charge >= 0.3 is 6.03 Å². The highest BCUT2D eigenvalue weighted by Crippen LogP contribution is 2.28. The summed E-state index contributed by atoms with van der Waals surface area (Å²) in [6.45, 7) is 2.20. The van der Waals surface area contributed by atoms with Crippen LogP contribution in [-0.4, -0.2) is 32.0 Å². The molecular formula is C19H18ClN5O2S. The number of hydrogen-bond acceptors (Lipinski definition) is 5. The maximum absolute atomic E-state index is 12.0. The van der Waals surface area contributed by atoms with E-state index in [1.807, 2.05) is 47.0 Å². The number of imide groups is 1. The fraction of sp³-hybridized carbons (Fsp3) is 0.158. The Morgan fingerprint density at radius 3 is 2.46 bits per heavy atom. The third kappa shape index (κ3) is 4.90. The van der Waals surface area contributed by atoms with Crippen LogP contribution in [0.5, 0.6) is 0 Å². The number of nitrogens with one attached hydrogen (secondary N) is 1. The van der Waals surface area contributed by atoms with Gasteiger partial charge in [0.1, 0.15) is 0 Å². The first-order valence-electron chi connectivity index (χ1n) is 8.44. The number of nitrogens with two attached hydrogens (primary N) is 1. The lowest BCUT2D eigenvalue weighted by molar-refractivity contribution is -0.119. The quantitative estimate of drug-likeness (QED) is 0.601. The molecule has 0 radical (unpaired) electrons. The molecule has 3 N–H and O–H groups in total. The van der Waals surface area contributed by atoms with E-state index in [1.165, 1.54) is 11.8 Å². The van der Waals surface area contributed by atoms with E-state index in [1.54, 1.807) is 19.1 Å². The second-order valence-electron chi connectivity index (χ2n) is 6.00. The highest BCUT2D eigenvalue weighted by Gasteiger charge is 2.21. The van der Waals surface area contributed by atoms with Crippen molar-refractivity contribution < 1.29 is 9.59 Å². The Morgan fingerprint density at radius 1 is 1.14 bits per heavy atom. The fourth-order valence-electron chi connectivity index (χ4n) is 2.53. The second-order valence-corrected chi connectivity index (χ2v) is 7.74. The molecule has 28 heavy (non-hydrogen) atoms. The number of primary amides is 1. The minimum absolute atomic E-state index is 0.486. The Labute approximate surface area is 171 Å². The third-order valence-electron chi connectivity index (χ3n) is 3.90. The van der Waals surface area contributed by atoms with E-state index in [-0.39, 0.29) is 0 Å². The van der Waals surface area contributed by atoms with Gasteiger partial charge in [-0.2, -0.15) is 0 Å². The maximum Gasteiger partial charge on any atom is 0.318 e. The van der Waals surface area contributed by atoms with Crippen LogP contribution in [0, 0.1) is 0 Å². The lowest BCUT2D eigenvalue weighted by Gasteiger charge is -2.13. The molecular weight excluding hydrogens is 398 g/mol. The van der Waals surface area contributed by atoms with E-state index in [4.69, 9.17) is 17.3 Å². The van der Waals surface area contributed by atoms with Gasteiger partial charge in [0.15, 0.2) is 11.0 Å². The van der Waals surface area contributed by atoms with Gasteiger partial charge in [-0.05, 0) is 36.8 Å². The molecule has 3 rings (SSSR count). The molecule has 0 aliphatic carbocycles. The molecule has 3 amide bonds. The van der Waals surface area contributed by atoms with Crippen LogP contribution in [0.15, 0.2) is 59.8 Å². The first-order valence-corrected chi connectivity index (χ1v) is 9.70. The zero-order valence-electron chi connectivity index (χ0n) is 15.0. The number of carbonyl (C=O) groups is 2. The molecule has 0 saturated heterocycles. The van der Waals surface area contributed by atoms with Gasteiger partial charge in [0.25, 0.3) is 0 Å². The van der Waals surface area contributed by atoms with Crippen molar-refractivity contribution in [3.05, 3.63) is 65.2 Å². The predicted molar refractivity (Wildman–Crippen MR) is 109 cm³/mol. The predicted octanol–water partition coefficient (Wildman–Crippen LogP) is 3.32. The molecule has 144 valence electrons. The second kappa shape index (κ2) is 8.90. The molecule has 9 heteroatoms. The Hall–Kier alpha value is -2.84. The number of rotatable bonds is 6. The summed E-state index contributed by atoms with van der Waals surface area (Å²) in [4.78, 5) is 23.0. The summed E-state index contributed by atoms with van der Waals surface area (Å²) >= 11 is 7.19. The van der Waals surface area contributed by atoms with E-state index in [2.05, 4.69) is 15.5 Å². The number of aromatic nitrogens is 3. The number of nitrogens with zero attached hydrogens (tertiary/aromatic N) is 3. The van der Waals surface area contributed by atoms with E-state index < -0.39 is 17.2 Å². The standard InChI is InChI=1S/C19H18ClN5O2S/c1-12(17(26)22-18(21)27)28-19-24-23-16(14-7-9-15(20)10-8-14)25(19)11-13-5-3-2-4-6-13/h2-10,12H,11H2,1H3,(H3,21,22,26,27). The van der Waals surface area contributed by atoms with Gasteiger partial charge in [-0.1, -0.05) is 53.7 Å². The molecule has 0 spiro atoms. The Bertz CT molecular complexity index is 976. The van der Waals surface area contributed by atoms with Gasteiger partial charge in [0.05, 0.1) is 11.8 Å². The molecule has 0 saturated carbocycles. The van der Waals surface area contributed by atoms with Crippen LogP contribution < -0.4 is 11.1 Å². The van der Waals surface area contributed by atoms with Gasteiger partial charge < -0.3 is 5.73 Å². The minimum atomic E-state index is -0.884. The van der Waals surface area contributed by atoms with Crippen molar-refractivity contribution in [2.45, 2.75) is 23.9 Å². The zero-order valence-corrected chi connectivity index (χ0v) is 16.6. The topological polar surface area (TPSA) is 103 Å². The lowest BCUT2D eigenvalue weighted by atomic mass is 10.2. The normalized spacial score (nSPS) is 11.8. The number of urea groups is 1. The summed E-state index contributed by atoms with van der Waals surface area (Å²) in [5.41, 5.74) is 6.94. The first kappa shape index (κ1) is 19.9. The smallest absolute Gasteiger partial charge is 0.318 e. The van der Waals surface area contributed by atoms with Crippen molar-refractivity contribution in [1.82, 2.24) is 20.1 Å². The molecule has 1 atom stereocenters. The van der Waals surface area contributed by atoms with Crippen molar-refractivity contribution in [2.75, 3.05) is 0 Å². The van der Waals surface area contributed by atoms with Crippen LogP contribution in [0.25, 0.3) is 11.4 Å². The van der Waals surface area contributed by atoms with Crippen LogP contribution in [0.4, 0.5) is 4.79 Å². The van der Waals surface area contributed by atoms with Crippen molar-refractivity contribution >= 4 is 35.3 Å². The zero-order chi connectivity index (χ0) is 20.1. The van der Waals surface area contributed by atoms with E-state index in [0.717, 1.165) is 11.1 Å². The third-order valence-corrected chi connectivity index (χ3v) is 5.23. The molecule has 0 aliphatic rings. The van der Waals surface area contributed by atoms with E-state index in [9.17, 15) is 9.59 Å². The number of carbonyl (C=O) groups excluding carboxylic acids is 2. The Kier molecular flexibility index (Phi) is 6.33. The van der Waals surface area contributed by atoms with Crippen LogP contribution >= 0.6 is 23.4 Å². The van der Waals surface area contributed by atoms with Crippen molar-refractivity contribution in [3.8, 4) is 11.4 Å². The maximum atomic E-state index is 12.0. The molecule has 2 aromatic carbocycles. The van der Waals surface area contributed by atoms with Crippen molar-refractivity contribution in [3.63, 3.8) is 0 Å². The molecule has 1 aromatic heterocycles. The molecule has 0 aliphatic heterocycles. The van der Waals surface area contributed by atoms with Crippen LogP contribution in [0.2, 0.25) is 5.02 Å². The number of thioether (sulfide) groups is 1. The summed E-state index contributed by atoms with van der Waals surface area (Å²) < 4.78 is 1.93. The monoisotopic (exact) mass is 415 g/mol. The summed E-state index contributed by atoms with van der Waals surface area (Å²) in [5, 5.41) is 11.3. The summed E-state index contributed by atoms with van der Waals surface area (Å²) in [6.07, 6.45) is 0. The van der Waals surface area contributed by atoms with Crippen LogP contribution in [0.1, 0.15) is 12.5 Å². The SMILES string of the molecule is CC(Sc1nnc(-c2ccc(Cl)cc2)n1Cc1ccccc1)C(=O)NC(N)=O. The lowest BCUT2D eigenvalue weighted by Crippen LogP contribution is -2.39. The van der Waals surface area contributed by atoms with Crippen molar-refractivity contribution in [1.29, 1.82) is 0 Å². The van der Waals surface area contributed by atoms with E-state index in [0.29, 0.717) is 22.5 Å². The highest BCUT2D eigenvalue weighted by molar-refractivity contribution is 8.00. The van der Waals surface area contributed by atoms with Crippen LogP contribution in [-0.2, 0) is 11.3 Å². The van der Waals surface area contributed by atoms with Crippen molar-refractivity contribution in [2.24, 2.45) is 5.73 Å². The number of amides is 3. The number of halogens is 1. The average Bonchev–Trinajstić information content (AvgIpc) is 3.05. The largest absolute Gasteiger partial charge is 0.351 e. The Balaban J connectivity index is 1.94. The summed E-state index contributed by atoms with van der Waals surface area (Å²) in [5.74, 6) is 0.172. The summed E-state index contributed by atoms with van der Waals surface area (Å²) in [6, 6.07) is 16.3. The molecule has 0 fully saturated rings. The van der Waals surface area contributed by atoms with Gasteiger partial charge in [0.2, 0.25) is 5.91 Å². The summed E-state index contributed by atoms with van der Waals surface area (Å²) in [7, 11) is 0. The molecule has 7 nitrogen and oxygen atoms in total. The molecule has 1 unspecified atom stereocenters. The molecule has 3 aromatic rings. The average molecular weight is 416 g/mol. The van der Waals surface area contributed by atoms with Crippen LogP contribution in [0.3, 0.4) is 0 Å². The van der Waals surface area contributed by atoms with Gasteiger partial charge in [-0.3, -0.25) is 14.7 Å². The van der Waals surface area contributed by atoms with Gasteiger partial charge in [0, 0.05) is 10.6 Å². The number of hydrogen-bond donors (Lipinski definition) is 2. The number of benzene rings is 2. The molecule has 1 heterocycles. The van der Waals surface area contributed by atoms with Gasteiger partial charge in [-0.25, -0.2) is 4.79 Å². The highest BCUT2D eigenvalue weighted by atomic mass is 35.5. The fourth-order valence-corrected chi connectivity index (χ4v) is 3.51. The Morgan fingerprint density at radius 2 is 1.82 bits per heavy atom. The molecule has 0 bridgehead atoms.